The van der Waals surface area contributed by atoms with Crippen LogP contribution < -0.4 is 10.5 Å². The Morgan fingerprint density at radius 2 is 2.03 bits per heavy atom. The molecular formula is C24H27BrN4O. The first-order chi connectivity index (χ1) is 14.7. The quantitative estimate of drug-likeness (QED) is 0.584. The first-order valence-corrected chi connectivity index (χ1v) is 11.5. The van der Waals surface area contributed by atoms with Crippen LogP contribution in [0.5, 0.6) is 5.75 Å². The molecule has 0 saturated carbocycles. The Morgan fingerprint density at radius 3 is 2.87 bits per heavy atom. The third kappa shape index (κ3) is 3.92. The smallest absolute Gasteiger partial charge is 0.139 e. The summed E-state index contributed by atoms with van der Waals surface area (Å²) in [5, 5.41) is 7.31. The summed E-state index contributed by atoms with van der Waals surface area (Å²) in [6.07, 6.45) is 6.25. The van der Waals surface area contributed by atoms with Crippen molar-refractivity contribution in [3.63, 3.8) is 0 Å². The number of rotatable bonds is 4. The molecule has 1 aliphatic carbocycles. The highest BCUT2D eigenvalue weighted by atomic mass is 79.9. The van der Waals surface area contributed by atoms with Gasteiger partial charge < -0.3 is 10.5 Å². The van der Waals surface area contributed by atoms with E-state index >= 15 is 0 Å². The van der Waals surface area contributed by atoms with Gasteiger partial charge in [0.05, 0.1) is 11.7 Å². The number of halogens is 1. The molecule has 156 valence electrons. The minimum absolute atomic E-state index is 0.0286. The second kappa shape index (κ2) is 8.53. The van der Waals surface area contributed by atoms with E-state index in [1.165, 1.54) is 11.1 Å². The summed E-state index contributed by atoms with van der Waals surface area (Å²) in [5.74, 6) is 0.860. The largest absolute Gasteiger partial charge is 0.483 e. The van der Waals surface area contributed by atoms with Crippen molar-refractivity contribution >= 4 is 15.9 Å². The number of nitrogens with two attached hydrogens (primary N) is 1. The van der Waals surface area contributed by atoms with Crippen molar-refractivity contribution in [3.05, 3.63) is 70.3 Å². The highest BCUT2D eigenvalue weighted by Gasteiger charge is 2.37. The van der Waals surface area contributed by atoms with E-state index in [9.17, 15) is 0 Å². The lowest BCUT2D eigenvalue weighted by atomic mass is 9.84. The van der Waals surface area contributed by atoms with Gasteiger partial charge in [0.2, 0.25) is 0 Å². The number of nitrogens with zero attached hydrogens (tertiary/aromatic N) is 2. The van der Waals surface area contributed by atoms with Crippen LogP contribution in [0.25, 0.3) is 11.3 Å². The van der Waals surface area contributed by atoms with Gasteiger partial charge in [0.1, 0.15) is 11.9 Å². The van der Waals surface area contributed by atoms with E-state index in [0.717, 1.165) is 60.3 Å². The van der Waals surface area contributed by atoms with Crippen molar-refractivity contribution in [3.8, 4) is 17.0 Å². The average molecular weight is 467 g/mol. The normalized spacial score (nSPS) is 24.4. The van der Waals surface area contributed by atoms with Crippen LogP contribution in [-0.4, -0.2) is 40.3 Å². The molecule has 3 N–H and O–H groups in total. The molecule has 1 aliphatic heterocycles. The number of piperidine rings is 1. The van der Waals surface area contributed by atoms with Crippen LogP contribution >= 0.6 is 15.9 Å². The van der Waals surface area contributed by atoms with Crippen molar-refractivity contribution in [2.75, 3.05) is 13.1 Å². The van der Waals surface area contributed by atoms with Crippen LogP contribution in [0.15, 0.2) is 59.2 Å². The Balaban J connectivity index is 1.53. The van der Waals surface area contributed by atoms with Crippen molar-refractivity contribution in [2.45, 2.75) is 43.9 Å². The second-order valence-corrected chi connectivity index (χ2v) is 9.26. The van der Waals surface area contributed by atoms with E-state index in [1.54, 1.807) is 0 Å². The average Bonchev–Trinajstić information content (AvgIpc) is 3.30. The summed E-state index contributed by atoms with van der Waals surface area (Å²) >= 11 is 3.60. The third-order valence-electron chi connectivity index (χ3n) is 6.35. The number of benzene rings is 2. The summed E-state index contributed by atoms with van der Waals surface area (Å²) in [4.78, 5) is 2.56. The van der Waals surface area contributed by atoms with Gasteiger partial charge in [-0.2, -0.15) is 5.10 Å². The monoisotopic (exact) mass is 466 g/mol. The Kier molecular flexibility index (Phi) is 5.63. The molecule has 0 amide bonds. The Morgan fingerprint density at radius 1 is 1.13 bits per heavy atom. The van der Waals surface area contributed by atoms with Crippen LogP contribution in [0.2, 0.25) is 0 Å². The van der Waals surface area contributed by atoms with Crippen molar-refractivity contribution < 1.29 is 4.74 Å². The van der Waals surface area contributed by atoms with E-state index < -0.39 is 0 Å². The first kappa shape index (κ1) is 19.8. The molecule has 2 aliphatic rings. The number of likely N-dealkylation sites (tertiary alicyclic amines) is 1. The number of nitrogens with one attached hydrogen (secondary N) is 1. The lowest BCUT2D eigenvalue weighted by Crippen LogP contribution is -2.51. The molecule has 0 spiro atoms. The summed E-state index contributed by atoms with van der Waals surface area (Å²) < 4.78 is 7.85. The Bertz CT molecular complexity index is 1010. The minimum Gasteiger partial charge on any atom is -0.483 e. The number of H-pyrrole nitrogens is 1. The molecule has 1 fully saturated rings. The maximum absolute atomic E-state index is 6.84. The highest BCUT2D eigenvalue weighted by molar-refractivity contribution is 9.10. The fourth-order valence-electron chi connectivity index (χ4n) is 4.91. The van der Waals surface area contributed by atoms with Crippen molar-refractivity contribution in [1.82, 2.24) is 15.1 Å². The first-order valence-electron chi connectivity index (χ1n) is 10.7. The number of hydrogen-bond donors (Lipinski definition) is 2. The maximum atomic E-state index is 6.84. The van der Waals surface area contributed by atoms with Gasteiger partial charge in [-0.3, -0.25) is 10.00 Å². The fraction of sp³-hybridized carbons (Fsp3) is 0.375. The SMILES string of the molecule is N[C@@H]1CCCN(C2CCc3ccccc3C2Oc2ccc(Br)cc2-c2cc[nH]n2)C1. The standard InChI is InChI=1S/C24H27BrN4O/c25-17-8-10-23(20(14-17)21-11-12-27-28-21)30-24-19-6-2-1-4-16(19)7-9-22(24)29-13-3-5-18(26)15-29/h1-2,4,6,8,10-12,14,18,22,24H,3,5,7,9,13,15,26H2,(H,27,28)/t18-,22?,24?/m1/s1. The molecular weight excluding hydrogens is 440 g/mol. The van der Waals surface area contributed by atoms with Crippen LogP contribution in [-0.2, 0) is 6.42 Å². The topological polar surface area (TPSA) is 67.2 Å². The number of ether oxygens (including phenoxy) is 1. The van der Waals surface area contributed by atoms with E-state index in [4.69, 9.17) is 10.5 Å². The van der Waals surface area contributed by atoms with Crippen LogP contribution in [0.3, 0.4) is 0 Å². The zero-order valence-electron chi connectivity index (χ0n) is 16.9. The maximum Gasteiger partial charge on any atom is 0.139 e. The van der Waals surface area contributed by atoms with E-state index in [-0.39, 0.29) is 12.1 Å². The van der Waals surface area contributed by atoms with E-state index in [2.05, 4.69) is 61.4 Å². The number of aromatic nitrogens is 2. The van der Waals surface area contributed by atoms with Crippen molar-refractivity contribution in [2.24, 2.45) is 5.73 Å². The molecule has 0 radical (unpaired) electrons. The predicted octanol–water partition coefficient (Wildman–Crippen LogP) is 4.70. The molecule has 5 nitrogen and oxygen atoms in total. The molecule has 1 saturated heterocycles. The van der Waals surface area contributed by atoms with Crippen LogP contribution in [0, 0.1) is 0 Å². The van der Waals surface area contributed by atoms with Crippen LogP contribution in [0.1, 0.15) is 36.5 Å². The fourth-order valence-corrected chi connectivity index (χ4v) is 5.27. The number of fused-ring (bicyclic) bond motifs is 1. The molecule has 3 aromatic rings. The molecule has 0 bridgehead atoms. The van der Waals surface area contributed by atoms with E-state index in [0.29, 0.717) is 6.04 Å². The minimum atomic E-state index is -0.0286. The zero-order chi connectivity index (χ0) is 20.5. The Labute approximate surface area is 185 Å². The summed E-state index contributed by atoms with van der Waals surface area (Å²) in [5.41, 5.74) is 10.9. The van der Waals surface area contributed by atoms with Gasteiger partial charge in [-0.25, -0.2) is 0 Å². The summed E-state index contributed by atoms with van der Waals surface area (Å²) in [6.45, 7) is 2.03. The molecule has 2 heterocycles. The summed E-state index contributed by atoms with van der Waals surface area (Å²) in [7, 11) is 0. The number of aromatic amines is 1. The number of aryl methyl sites for hydroxylation is 1. The summed E-state index contributed by atoms with van der Waals surface area (Å²) in [6, 6.07) is 17.4. The van der Waals surface area contributed by atoms with Gasteiger partial charge in [-0.1, -0.05) is 40.2 Å². The van der Waals surface area contributed by atoms with Crippen molar-refractivity contribution in [1.29, 1.82) is 0 Å². The lowest BCUT2D eigenvalue weighted by molar-refractivity contribution is 0.0370. The second-order valence-electron chi connectivity index (χ2n) is 8.34. The van der Waals surface area contributed by atoms with Gasteiger partial charge in [-0.15, -0.1) is 0 Å². The molecule has 3 atom stereocenters. The molecule has 2 unspecified atom stereocenters. The third-order valence-corrected chi connectivity index (χ3v) is 6.84. The van der Waals surface area contributed by atoms with Gasteiger partial charge in [0.25, 0.3) is 0 Å². The predicted molar refractivity (Wildman–Crippen MR) is 122 cm³/mol. The Hall–Kier alpha value is -2.15. The van der Waals surface area contributed by atoms with Gasteiger partial charge in [0, 0.05) is 28.8 Å². The number of hydrogen-bond acceptors (Lipinski definition) is 4. The molecule has 2 aromatic carbocycles. The van der Waals surface area contributed by atoms with Gasteiger partial charge in [-0.05, 0) is 67.6 Å². The molecule has 5 rings (SSSR count). The molecule has 30 heavy (non-hydrogen) atoms. The lowest BCUT2D eigenvalue weighted by Gasteiger charge is -2.43. The van der Waals surface area contributed by atoms with Crippen LogP contribution in [0.4, 0.5) is 0 Å². The molecule has 6 heteroatoms. The molecule has 1 aromatic heterocycles. The van der Waals surface area contributed by atoms with Gasteiger partial charge >= 0.3 is 0 Å². The highest BCUT2D eigenvalue weighted by Crippen LogP contribution is 2.40. The van der Waals surface area contributed by atoms with Gasteiger partial charge in [0.15, 0.2) is 0 Å². The zero-order valence-corrected chi connectivity index (χ0v) is 18.5. The van der Waals surface area contributed by atoms with E-state index in [1.807, 2.05) is 24.4 Å².